The van der Waals surface area contributed by atoms with Gasteiger partial charge in [0.05, 0.1) is 24.7 Å². The normalized spacial score (nSPS) is 19.9. The summed E-state index contributed by atoms with van der Waals surface area (Å²) >= 11 is 0. The van der Waals surface area contributed by atoms with Gasteiger partial charge in [-0.2, -0.15) is 0 Å². The zero-order valence-corrected chi connectivity index (χ0v) is 18.0. The number of carbonyl (C=O) groups is 1. The molecule has 0 spiro atoms. The van der Waals surface area contributed by atoms with Crippen LogP contribution < -0.4 is 10.2 Å². The van der Waals surface area contributed by atoms with Crippen LogP contribution in [0.15, 0.2) is 48.5 Å². The molecule has 0 unspecified atom stereocenters. The first-order valence-electron chi connectivity index (χ1n) is 11.0. The van der Waals surface area contributed by atoms with Gasteiger partial charge in [0.15, 0.2) is 0 Å². The molecule has 2 fully saturated rings. The number of rotatable bonds is 5. The Hall–Kier alpha value is -2.37. The van der Waals surface area contributed by atoms with Crippen molar-refractivity contribution in [3.05, 3.63) is 65.2 Å². The largest absolute Gasteiger partial charge is 0.381 e. The lowest BCUT2D eigenvalue weighted by Gasteiger charge is -2.37. The molecule has 0 aliphatic carbocycles. The maximum atomic E-state index is 13.5. The number of amides is 1. The number of hydrogen-bond acceptors (Lipinski definition) is 4. The number of nitrogens with zero attached hydrogens (tertiary/aromatic N) is 1. The molecule has 4 rings (SSSR count). The minimum atomic E-state index is -0.522. The number of ether oxygens (including phenoxy) is 2. The van der Waals surface area contributed by atoms with Gasteiger partial charge in [-0.05, 0) is 49.9 Å². The number of hydrogen-bond donors (Lipinski definition) is 1. The molecule has 30 heavy (non-hydrogen) atoms. The van der Waals surface area contributed by atoms with Crippen molar-refractivity contribution >= 4 is 11.6 Å². The predicted molar refractivity (Wildman–Crippen MR) is 119 cm³/mol. The van der Waals surface area contributed by atoms with Crippen molar-refractivity contribution in [2.75, 3.05) is 44.4 Å². The molecule has 2 saturated heterocycles. The molecule has 0 radical (unpaired) electrons. The van der Waals surface area contributed by atoms with Crippen molar-refractivity contribution in [3.63, 3.8) is 0 Å². The average molecular weight is 409 g/mol. The first kappa shape index (κ1) is 20.9. The fraction of sp³-hybridized carbons (Fsp3) is 0.480. The highest BCUT2D eigenvalue weighted by atomic mass is 16.5. The molecule has 1 N–H and O–H groups in total. The molecule has 1 amide bonds. The van der Waals surface area contributed by atoms with Crippen molar-refractivity contribution in [2.45, 2.75) is 38.1 Å². The topological polar surface area (TPSA) is 50.8 Å². The van der Waals surface area contributed by atoms with Crippen LogP contribution in [-0.2, 0) is 19.7 Å². The van der Waals surface area contributed by atoms with Gasteiger partial charge in [-0.1, -0.05) is 42.0 Å². The Morgan fingerprint density at radius 3 is 2.33 bits per heavy atom. The molecular weight excluding hydrogens is 376 g/mol. The standard InChI is InChI=1S/C25H32N2O3/c1-19-4-3-5-22(18-19)25(10-14-29-15-11-25)24(28)26-20(2)21-6-8-23(9-7-21)27-12-16-30-17-13-27/h3-9,18,20H,10-17H2,1-2H3,(H,26,28)/t20-/m0/s1. The summed E-state index contributed by atoms with van der Waals surface area (Å²) in [6, 6.07) is 16.8. The molecule has 2 aliphatic rings. The van der Waals surface area contributed by atoms with Gasteiger partial charge in [-0.3, -0.25) is 4.79 Å². The Balaban J connectivity index is 1.49. The van der Waals surface area contributed by atoms with E-state index in [2.05, 4.69) is 66.5 Å². The van der Waals surface area contributed by atoms with Gasteiger partial charge in [-0.15, -0.1) is 0 Å². The lowest BCUT2D eigenvalue weighted by molar-refractivity contribution is -0.131. The van der Waals surface area contributed by atoms with E-state index in [9.17, 15) is 4.79 Å². The Labute approximate surface area is 179 Å². The predicted octanol–water partition coefficient (Wildman–Crippen LogP) is 3.76. The van der Waals surface area contributed by atoms with E-state index in [0.717, 1.165) is 37.4 Å². The summed E-state index contributed by atoms with van der Waals surface area (Å²) in [5.41, 5.74) is 4.08. The molecule has 5 nitrogen and oxygen atoms in total. The quantitative estimate of drug-likeness (QED) is 0.819. The molecule has 2 aromatic carbocycles. The van der Waals surface area contributed by atoms with Gasteiger partial charge in [0.2, 0.25) is 5.91 Å². The molecule has 0 aromatic heterocycles. The third-order valence-electron chi connectivity index (χ3n) is 6.47. The summed E-state index contributed by atoms with van der Waals surface area (Å²) in [5, 5.41) is 3.30. The Morgan fingerprint density at radius 1 is 1.00 bits per heavy atom. The van der Waals surface area contributed by atoms with E-state index in [1.54, 1.807) is 0 Å². The van der Waals surface area contributed by atoms with E-state index in [1.165, 1.54) is 11.3 Å². The Kier molecular flexibility index (Phi) is 6.40. The first-order chi connectivity index (χ1) is 14.6. The lowest BCUT2D eigenvalue weighted by atomic mass is 9.73. The number of benzene rings is 2. The van der Waals surface area contributed by atoms with E-state index in [-0.39, 0.29) is 11.9 Å². The monoisotopic (exact) mass is 408 g/mol. The van der Waals surface area contributed by atoms with Gasteiger partial charge >= 0.3 is 0 Å². The fourth-order valence-electron chi connectivity index (χ4n) is 4.52. The molecule has 1 atom stereocenters. The highest BCUT2D eigenvalue weighted by Gasteiger charge is 2.42. The van der Waals surface area contributed by atoms with Crippen molar-refractivity contribution in [1.82, 2.24) is 5.32 Å². The van der Waals surface area contributed by atoms with E-state index in [1.807, 2.05) is 6.07 Å². The van der Waals surface area contributed by atoms with Gasteiger partial charge < -0.3 is 19.7 Å². The minimum Gasteiger partial charge on any atom is -0.381 e. The highest BCUT2D eigenvalue weighted by Crippen LogP contribution is 2.36. The van der Waals surface area contributed by atoms with Crippen molar-refractivity contribution in [3.8, 4) is 0 Å². The number of morpholine rings is 1. The third kappa shape index (κ3) is 4.37. The van der Waals surface area contributed by atoms with Crippen LogP contribution >= 0.6 is 0 Å². The SMILES string of the molecule is Cc1cccc(C2(C(=O)N[C@@H](C)c3ccc(N4CCOCC4)cc3)CCOCC2)c1. The lowest BCUT2D eigenvalue weighted by Crippen LogP contribution is -2.48. The van der Waals surface area contributed by atoms with Gasteiger partial charge in [0.25, 0.3) is 0 Å². The van der Waals surface area contributed by atoms with E-state index >= 15 is 0 Å². The van der Waals surface area contributed by atoms with Crippen molar-refractivity contribution in [2.24, 2.45) is 0 Å². The zero-order valence-electron chi connectivity index (χ0n) is 18.0. The van der Waals surface area contributed by atoms with Crippen LogP contribution in [-0.4, -0.2) is 45.4 Å². The first-order valence-corrected chi connectivity index (χ1v) is 11.0. The summed E-state index contributed by atoms with van der Waals surface area (Å²) in [5.74, 6) is 0.0983. The smallest absolute Gasteiger partial charge is 0.231 e. The number of carbonyl (C=O) groups excluding carboxylic acids is 1. The molecule has 2 heterocycles. The molecule has 0 saturated carbocycles. The van der Waals surface area contributed by atoms with Crippen LogP contribution in [0.5, 0.6) is 0 Å². The summed E-state index contributed by atoms with van der Waals surface area (Å²) in [6.07, 6.45) is 1.43. The zero-order chi connectivity index (χ0) is 21.0. The van der Waals surface area contributed by atoms with Crippen LogP contribution in [0, 0.1) is 6.92 Å². The second-order valence-corrected chi connectivity index (χ2v) is 8.45. The fourth-order valence-corrected chi connectivity index (χ4v) is 4.52. The average Bonchev–Trinajstić information content (AvgIpc) is 2.80. The third-order valence-corrected chi connectivity index (χ3v) is 6.47. The summed E-state index contributed by atoms with van der Waals surface area (Å²) < 4.78 is 11.0. The van der Waals surface area contributed by atoms with E-state index < -0.39 is 5.41 Å². The highest BCUT2D eigenvalue weighted by molar-refractivity contribution is 5.88. The molecule has 2 aliphatic heterocycles. The van der Waals surface area contributed by atoms with Gasteiger partial charge in [0.1, 0.15) is 0 Å². The van der Waals surface area contributed by atoms with E-state index in [4.69, 9.17) is 9.47 Å². The van der Waals surface area contributed by atoms with Crippen LogP contribution in [0.25, 0.3) is 0 Å². The summed E-state index contributed by atoms with van der Waals surface area (Å²) in [7, 11) is 0. The number of anilines is 1. The Bertz CT molecular complexity index is 853. The summed E-state index contributed by atoms with van der Waals surface area (Å²) in [4.78, 5) is 15.9. The van der Waals surface area contributed by atoms with Crippen LogP contribution in [0.2, 0.25) is 0 Å². The van der Waals surface area contributed by atoms with Crippen molar-refractivity contribution in [1.29, 1.82) is 0 Å². The van der Waals surface area contributed by atoms with Gasteiger partial charge in [0, 0.05) is 32.0 Å². The van der Waals surface area contributed by atoms with Crippen LogP contribution in [0.4, 0.5) is 5.69 Å². The van der Waals surface area contributed by atoms with Crippen LogP contribution in [0.3, 0.4) is 0 Å². The molecule has 160 valence electrons. The molecule has 0 bridgehead atoms. The van der Waals surface area contributed by atoms with Gasteiger partial charge in [-0.25, -0.2) is 0 Å². The second-order valence-electron chi connectivity index (χ2n) is 8.45. The van der Waals surface area contributed by atoms with Crippen LogP contribution in [0.1, 0.15) is 42.5 Å². The number of nitrogens with one attached hydrogen (secondary N) is 1. The summed E-state index contributed by atoms with van der Waals surface area (Å²) in [6.45, 7) is 8.77. The van der Waals surface area contributed by atoms with E-state index in [0.29, 0.717) is 26.1 Å². The maximum Gasteiger partial charge on any atom is 0.231 e. The molecule has 5 heteroatoms. The number of aryl methyl sites for hydroxylation is 1. The molecule has 2 aromatic rings. The second kappa shape index (κ2) is 9.19. The minimum absolute atomic E-state index is 0.0548. The maximum absolute atomic E-state index is 13.5. The Morgan fingerprint density at radius 2 is 1.67 bits per heavy atom. The molecular formula is C25H32N2O3. The van der Waals surface area contributed by atoms with Crippen molar-refractivity contribution < 1.29 is 14.3 Å².